The average Bonchev–Trinajstić information content (AvgIpc) is 2.88. The van der Waals surface area contributed by atoms with Crippen LogP contribution in [-0.4, -0.2) is 61.9 Å². The van der Waals surface area contributed by atoms with Gasteiger partial charge in [0, 0.05) is 25.8 Å². The number of aryl methyl sites for hydroxylation is 1. The van der Waals surface area contributed by atoms with Crippen molar-refractivity contribution in [2.75, 3.05) is 33.3 Å². The highest BCUT2D eigenvalue weighted by Gasteiger charge is 2.30. The molecule has 0 bridgehead atoms. The van der Waals surface area contributed by atoms with E-state index in [0.717, 1.165) is 13.0 Å². The molecule has 114 valence electrons. The van der Waals surface area contributed by atoms with Crippen LogP contribution in [0.1, 0.15) is 13.3 Å². The zero-order valence-electron chi connectivity index (χ0n) is 11.9. The van der Waals surface area contributed by atoms with Gasteiger partial charge in [-0.15, -0.1) is 0 Å². The van der Waals surface area contributed by atoms with Crippen molar-refractivity contribution in [1.82, 2.24) is 19.4 Å². The molecule has 0 aliphatic carbocycles. The largest absolute Gasteiger partial charge is 0.376 e. The Morgan fingerprint density at radius 1 is 1.55 bits per heavy atom. The van der Waals surface area contributed by atoms with Crippen LogP contribution in [0.2, 0.25) is 0 Å². The van der Waals surface area contributed by atoms with E-state index in [9.17, 15) is 8.42 Å². The smallest absolute Gasteiger partial charge is 0.246 e. The van der Waals surface area contributed by atoms with Gasteiger partial charge >= 0.3 is 0 Å². The number of hydrogen-bond acceptors (Lipinski definition) is 5. The van der Waals surface area contributed by atoms with Crippen LogP contribution in [0.3, 0.4) is 0 Å². The summed E-state index contributed by atoms with van der Waals surface area (Å²) in [7, 11) is -1.56. The molecule has 1 fully saturated rings. The Labute approximate surface area is 120 Å². The van der Waals surface area contributed by atoms with Crippen molar-refractivity contribution in [2.24, 2.45) is 0 Å². The third-order valence-corrected chi connectivity index (χ3v) is 5.08. The number of nitrogens with zero attached hydrogens (tertiary/aromatic N) is 3. The summed E-state index contributed by atoms with van der Waals surface area (Å²) in [6.07, 6.45) is 3.87. The van der Waals surface area contributed by atoms with Gasteiger partial charge in [-0.25, -0.2) is 8.42 Å². The molecule has 2 rings (SSSR count). The van der Waals surface area contributed by atoms with Crippen LogP contribution in [0.5, 0.6) is 0 Å². The van der Waals surface area contributed by atoms with Gasteiger partial charge in [0.2, 0.25) is 10.0 Å². The van der Waals surface area contributed by atoms with E-state index in [1.807, 2.05) is 14.0 Å². The van der Waals surface area contributed by atoms with Gasteiger partial charge in [-0.2, -0.15) is 9.40 Å². The topological polar surface area (TPSA) is 76.5 Å². The molecule has 7 nitrogen and oxygen atoms in total. The van der Waals surface area contributed by atoms with Gasteiger partial charge in [-0.05, 0) is 26.9 Å². The monoisotopic (exact) mass is 302 g/mol. The Kier molecular flexibility index (Phi) is 5.14. The second-order valence-corrected chi connectivity index (χ2v) is 6.88. The van der Waals surface area contributed by atoms with Crippen LogP contribution in [0, 0.1) is 0 Å². The summed E-state index contributed by atoms with van der Waals surface area (Å²) in [6.45, 7) is 4.70. The molecule has 1 aromatic rings. The molecule has 1 aromatic heterocycles. The van der Waals surface area contributed by atoms with E-state index in [-0.39, 0.29) is 11.0 Å². The molecule has 0 radical (unpaired) electrons. The van der Waals surface area contributed by atoms with E-state index in [2.05, 4.69) is 10.4 Å². The maximum atomic E-state index is 12.5. The maximum Gasteiger partial charge on any atom is 0.246 e. The summed E-state index contributed by atoms with van der Waals surface area (Å²) in [5, 5.41) is 7.17. The third-order valence-electron chi connectivity index (χ3n) is 3.27. The van der Waals surface area contributed by atoms with E-state index in [0.29, 0.717) is 26.2 Å². The first-order chi connectivity index (χ1) is 9.54. The molecule has 2 heterocycles. The van der Waals surface area contributed by atoms with Crippen LogP contribution in [0.25, 0.3) is 0 Å². The summed E-state index contributed by atoms with van der Waals surface area (Å²) in [5.41, 5.74) is 0. The van der Waals surface area contributed by atoms with Crippen molar-refractivity contribution in [3.63, 3.8) is 0 Å². The first-order valence-electron chi connectivity index (χ1n) is 6.83. The quantitative estimate of drug-likeness (QED) is 0.743. The van der Waals surface area contributed by atoms with E-state index in [1.165, 1.54) is 10.5 Å². The second kappa shape index (κ2) is 6.66. The van der Waals surface area contributed by atoms with Crippen LogP contribution in [0.4, 0.5) is 0 Å². The molecule has 1 N–H and O–H groups in total. The molecule has 1 aliphatic heterocycles. The van der Waals surface area contributed by atoms with Crippen molar-refractivity contribution in [2.45, 2.75) is 30.9 Å². The number of morpholine rings is 1. The lowest BCUT2D eigenvalue weighted by Crippen LogP contribution is -2.44. The van der Waals surface area contributed by atoms with Crippen LogP contribution >= 0.6 is 0 Å². The fraction of sp³-hybridized carbons (Fsp3) is 0.750. The minimum Gasteiger partial charge on any atom is -0.376 e. The summed E-state index contributed by atoms with van der Waals surface area (Å²) in [6, 6.07) is 0. The zero-order valence-corrected chi connectivity index (χ0v) is 12.8. The van der Waals surface area contributed by atoms with Crippen molar-refractivity contribution >= 4 is 10.0 Å². The van der Waals surface area contributed by atoms with Crippen molar-refractivity contribution in [1.29, 1.82) is 0 Å². The van der Waals surface area contributed by atoms with Crippen molar-refractivity contribution in [3.05, 3.63) is 12.4 Å². The molecule has 1 aliphatic rings. The Hall–Kier alpha value is -0.960. The van der Waals surface area contributed by atoms with Gasteiger partial charge in [0.1, 0.15) is 4.90 Å². The number of sulfonamides is 1. The number of hydrogen-bond donors (Lipinski definition) is 1. The lowest BCUT2D eigenvalue weighted by atomic mass is 10.3. The van der Waals surface area contributed by atoms with Gasteiger partial charge < -0.3 is 10.1 Å². The Morgan fingerprint density at radius 2 is 2.35 bits per heavy atom. The molecule has 20 heavy (non-hydrogen) atoms. The number of aromatic nitrogens is 2. The fourth-order valence-electron chi connectivity index (χ4n) is 2.17. The van der Waals surface area contributed by atoms with Crippen molar-refractivity contribution < 1.29 is 13.2 Å². The molecule has 0 amide bonds. The van der Waals surface area contributed by atoms with Crippen LogP contribution < -0.4 is 5.32 Å². The van der Waals surface area contributed by atoms with E-state index < -0.39 is 10.0 Å². The van der Waals surface area contributed by atoms with Gasteiger partial charge in [0.15, 0.2) is 0 Å². The van der Waals surface area contributed by atoms with Gasteiger partial charge in [0.05, 0.1) is 18.9 Å². The molecular formula is C12H22N4O3S. The first-order valence-corrected chi connectivity index (χ1v) is 8.27. The Bertz CT molecular complexity index is 529. The first kappa shape index (κ1) is 15.4. The third kappa shape index (κ3) is 3.57. The second-order valence-electron chi connectivity index (χ2n) is 4.94. The van der Waals surface area contributed by atoms with Gasteiger partial charge in [-0.3, -0.25) is 4.68 Å². The van der Waals surface area contributed by atoms with Crippen LogP contribution in [-0.2, 0) is 21.3 Å². The van der Waals surface area contributed by atoms with E-state index in [1.54, 1.807) is 10.9 Å². The molecule has 1 unspecified atom stereocenters. The number of ether oxygens (including phenoxy) is 1. The molecule has 8 heteroatoms. The Morgan fingerprint density at radius 3 is 3.05 bits per heavy atom. The lowest BCUT2D eigenvalue weighted by Gasteiger charge is -2.29. The normalized spacial score (nSPS) is 21.2. The van der Waals surface area contributed by atoms with E-state index >= 15 is 0 Å². The minimum absolute atomic E-state index is 0.0656. The highest BCUT2D eigenvalue weighted by molar-refractivity contribution is 7.89. The minimum atomic E-state index is -3.45. The molecule has 1 saturated heterocycles. The van der Waals surface area contributed by atoms with Crippen molar-refractivity contribution in [3.8, 4) is 0 Å². The van der Waals surface area contributed by atoms with E-state index in [4.69, 9.17) is 4.74 Å². The molecule has 0 aromatic carbocycles. The summed E-state index contributed by atoms with van der Waals surface area (Å²) in [5.74, 6) is 0. The zero-order chi connectivity index (χ0) is 14.6. The molecule has 1 atom stereocenters. The predicted molar refractivity (Wildman–Crippen MR) is 74.9 cm³/mol. The average molecular weight is 302 g/mol. The van der Waals surface area contributed by atoms with Gasteiger partial charge in [-0.1, -0.05) is 0 Å². The Balaban J connectivity index is 2.05. The summed E-state index contributed by atoms with van der Waals surface area (Å²) in [4.78, 5) is 0.260. The SMILES string of the molecule is CNCCCn1cc(S(=O)(=O)N2CCOC(C)C2)cn1. The molecule has 0 spiro atoms. The number of rotatable bonds is 6. The summed E-state index contributed by atoms with van der Waals surface area (Å²) < 4.78 is 33.5. The highest BCUT2D eigenvalue weighted by atomic mass is 32.2. The predicted octanol–water partition coefficient (Wildman–Crippen LogP) is -0.0980. The number of nitrogens with one attached hydrogen (secondary N) is 1. The highest BCUT2D eigenvalue weighted by Crippen LogP contribution is 2.18. The fourth-order valence-corrected chi connectivity index (χ4v) is 3.63. The van der Waals surface area contributed by atoms with Gasteiger partial charge in [0.25, 0.3) is 0 Å². The molecular weight excluding hydrogens is 280 g/mol. The lowest BCUT2D eigenvalue weighted by molar-refractivity contribution is 0.0102. The standard InChI is InChI=1S/C12H22N4O3S/c1-11-9-16(6-7-19-11)20(17,18)12-8-14-15(10-12)5-3-4-13-2/h8,10-11,13H,3-7,9H2,1-2H3. The summed E-state index contributed by atoms with van der Waals surface area (Å²) >= 11 is 0. The van der Waals surface area contributed by atoms with Crippen LogP contribution in [0.15, 0.2) is 17.3 Å². The molecule has 0 saturated carbocycles. The maximum absolute atomic E-state index is 12.5.